The number of halogens is 1. The van der Waals surface area contributed by atoms with Crippen molar-refractivity contribution in [3.8, 4) is 0 Å². The Morgan fingerprint density at radius 3 is 2.67 bits per heavy atom. The topological polar surface area (TPSA) is 46.3 Å². The molecule has 3 nitrogen and oxygen atoms in total. The number of fused-ring (bicyclic) bond motifs is 1. The van der Waals surface area contributed by atoms with Crippen molar-refractivity contribution in [2.75, 3.05) is 11.9 Å². The molecule has 1 amide bonds. The summed E-state index contributed by atoms with van der Waals surface area (Å²) in [6.45, 7) is 0. The predicted molar refractivity (Wildman–Crippen MR) is 87.8 cm³/mol. The molecule has 0 bridgehead atoms. The van der Waals surface area contributed by atoms with Crippen molar-refractivity contribution in [3.05, 3.63) is 58.6 Å². The highest BCUT2D eigenvalue weighted by Gasteiger charge is 2.32. The number of nitrogens with zero attached hydrogens (tertiary/aromatic N) is 1. The molecule has 0 saturated carbocycles. The third kappa shape index (κ3) is 2.79. The van der Waals surface area contributed by atoms with Crippen LogP contribution in [-0.4, -0.2) is 13.0 Å². The highest BCUT2D eigenvalue weighted by molar-refractivity contribution is 7.98. The molecule has 1 aliphatic rings. The average molecular weight is 319 g/mol. The highest BCUT2D eigenvalue weighted by Crippen LogP contribution is 2.37. The lowest BCUT2D eigenvalue weighted by Crippen LogP contribution is -2.27. The molecule has 0 saturated heterocycles. The van der Waals surface area contributed by atoms with Crippen molar-refractivity contribution in [2.45, 2.75) is 16.7 Å². The quantitative estimate of drug-likeness (QED) is 0.879. The molecule has 108 valence electrons. The fourth-order valence-corrected chi connectivity index (χ4v) is 3.39. The number of carbonyl (C=O) groups excluding carboxylic acids is 1. The predicted octanol–water partition coefficient (Wildman–Crippen LogP) is 3.61. The minimum Gasteiger partial charge on any atom is -0.316 e. The summed E-state index contributed by atoms with van der Waals surface area (Å²) in [5.41, 5.74) is 8.92. The molecule has 0 radical (unpaired) electrons. The van der Waals surface area contributed by atoms with Gasteiger partial charge in [-0.15, -0.1) is 11.8 Å². The van der Waals surface area contributed by atoms with Gasteiger partial charge in [0, 0.05) is 34.0 Å². The molecule has 2 N–H and O–H groups in total. The van der Waals surface area contributed by atoms with E-state index in [1.165, 1.54) is 5.56 Å². The van der Waals surface area contributed by atoms with E-state index in [1.54, 1.807) is 23.7 Å². The first-order valence-electron chi connectivity index (χ1n) is 6.60. The molecular formula is C16H15ClN2OS. The lowest BCUT2D eigenvalue weighted by molar-refractivity contribution is -0.118. The van der Waals surface area contributed by atoms with Crippen molar-refractivity contribution < 1.29 is 4.79 Å². The Kier molecular flexibility index (Phi) is 3.93. The number of hydrogen-bond donors (Lipinski definition) is 1. The van der Waals surface area contributed by atoms with Crippen molar-refractivity contribution in [1.29, 1.82) is 0 Å². The van der Waals surface area contributed by atoms with Gasteiger partial charge in [-0.3, -0.25) is 4.79 Å². The number of likely N-dealkylation sites (N-methyl/N-ethyl adjacent to an activating group) is 1. The minimum absolute atomic E-state index is 0.0511. The summed E-state index contributed by atoms with van der Waals surface area (Å²) in [5, 5.41) is 0.746. The van der Waals surface area contributed by atoms with Crippen molar-refractivity contribution in [2.24, 2.45) is 5.73 Å². The van der Waals surface area contributed by atoms with Crippen LogP contribution in [0.2, 0.25) is 5.02 Å². The van der Waals surface area contributed by atoms with E-state index in [2.05, 4.69) is 0 Å². The fraction of sp³-hybridized carbons (Fsp3) is 0.188. The van der Waals surface area contributed by atoms with Crippen LogP contribution in [0.25, 0.3) is 0 Å². The summed E-state index contributed by atoms with van der Waals surface area (Å²) in [6.07, 6.45) is 0. The number of amides is 1. The number of rotatable bonds is 3. The summed E-state index contributed by atoms with van der Waals surface area (Å²) < 4.78 is 0. The summed E-state index contributed by atoms with van der Waals surface area (Å²) in [6, 6.07) is 13.3. The summed E-state index contributed by atoms with van der Waals surface area (Å²) >= 11 is 7.61. The van der Waals surface area contributed by atoms with Gasteiger partial charge < -0.3 is 10.6 Å². The number of hydrogen-bond acceptors (Lipinski definition) is 3. The molecule has 1 heterocycles. The Bertz CT molecular complexity index is 687. The van der Waals surface area contributed by atoms with Crippen LogP contribution >= 0.6 is 23.4 Å². The van der Waals surface area contributed by atoms with Crippen LogP contribution in [0.15, 0.2) is 47.4 Å². The zero-order valence-corrected chi connectivity index (χ0v) is 13.1. The summed E-state index contributed by atoms with van der Waals surface area (Å²) in [5.74, 6) is 0.810. The van der Waals surface area contributed by atoms with E-state index in [4.69, 9.17) is 17.3 Å². The van der Waals surface area contributed by atoms with Crippen molar-refractivity contribution >= 4 is 35.0 Å². The van der Waals surface area contributed by atoms with Gasteiger partial charge in [-0.25, -0.2) is 0 Å². The summed E-state index contributed by atoms with van der Waals surface area (Å²) in [7, 11) is 1.77. The molecule has 0 spiro atoms. The molecule has 1 unspecified atom stereocenters. The number of anilines is 1. The SMILES string of the molecule is CN1C(=O)C(N)c2ccc(SCc3ccc(Cl)cc3)cc21. The van der Waals surface area contributed by atoms with Crippen LogP contribution in [-0.2, 0) is 10.5 Å². The second-order valence-corrected chi connectivity index (χ2v) is 6.50. The largest absolute Gasteiger partial charge is 0.316 e. The minimum atomic E-state index is -0.527. The monoisotopic (exact) mass is 318 g/mol. The number of nitrogens with two attached hydrogens (primary N) is 1. The van der Waals surface area contributed by atoms with Gasteiger partial charge in [-0.1, -0.05) is 29.8 Å². The van der Waals surface area contributed by atoms with E-state index < -0.39 is 6.04 Å². The molecule has 21 heavy (non-hydrogen) atoms. The first-order valence-corrected chi connectivity index (χ1v) is 7.97. The first-order chi connectivity index (χ1) is 10.1. The fourth-order valence-electron chi connectivity index (χ4n) is 2.37. The second kappa shape index (κ2) is 5.72. The Morgan fingerprint density at radius 2 is 1.95 bits per heavy atom. The first kappa shape index (κ1) is 14.4. The molecular weight excluding hydrogens is 304 g/mol. The van der Waals surface area contributed by atoms with Crippen molar-refractivity contribution in [1.82, 2.24) is 0 Å². The standard InChI is InChI=1S/C16H15ClN2OS/c1-19-14-8-12(6-7-13(14)15(18)16(19)20)21-9-10-2-4-11(17)5-3-10/h2-8,15H,9,18H2,1H3. The third-order valence-corrected chi connectivity index (χ3v) is 4.93. The molecule has 1 aliphatic heterocycles. The van der Waals surface area contributed by atoms with Crippen molar-refractivity contribution in [3.63, 3.8) is 0 Å². The van der Waals surface area contributed by atoms with Gasteiger partial charge in [-0.2, -0.15) is 0 Å². The number of carbonyl (C=O) groups is 1. The Labute approximate surface area is 133 Å². The molecule has 3 rings (SSSR count). The Hall–Kier alpha value is -1.49. The Balaban J connectivity index is 1.76. The lowest BCUT2D eigenvalue weighted by atomic mass is 10.1. The van der Waals surface area contributed by atoms with E-state index in [1.807, 2.05) is 42.5 Å². The highest BCUT2D eigenvalue weighted by atomic mass is 35.5. The van der Waals surface area contributed by atoms with Crippen LogP contribution in [0.4, 0.5) is 5.69 Å². The van der Waals surface area contributed by atoms with E-state index >= 15 is 0 Å². The zero-order chi connectivity index (χ0) is 15.0. The maximum Gasteiger partial charge on any atom is 0.248 e. The van der Waals surface area contributed by atoms with Crippen LogP contribution in [0, 0.1) is 0 Å². The maximum absolute atomic E-state index is 11.9. The molecule has 5 heteroatoms. The van der Waals surface area contributed by atoms with E-state index in [0.29, 0.717) is 0 Å². The molecule has 2 aromatic rings. The average Bonchev–Trinajstić information content (AvgIpc) is 2.71. The van der Waals surface area contributed by atoms with Gasteiger partial charge in [0.15, 0.2) is 0 Å². The molecule has 1 atom stereocenters. The zero-order valence-electron chi connectivity index (χ0n) is 11.5. The van der Waals surface area contributed by atoms with Crippen LogP contribution in [0.5, 0.6) is 0 Å². The van der Waals surface area contributed by atoms with E-state index in [-0.39, 0.29) is 5.91 Å². The second-order valence-electron chi connectivity index (χ2n) is 5.01. The van der Waals surface area contributed by atoms with E-state index in [9.17, 15) is 4.79 Å². The molecule has 0 aromatic heterocycles. The smallest absolute Gasteiger partial charge is 0.248 e. The van der Waals surface area contributed by atoms with Crippen LogP contribution in [0.1, 0.15) is 17.2 Å². The van der Waals surface area contributed by atoms with Crippen LogP contribution in [0.3, 0.4) is 0 Å². The van der Waals surface area contributed by atoms with Gasteiger partial charge in [-0.05, 0) is 29.8 Å². The third-order valence-electron chi connectivity index (χ3n) is 3.61. The van der Waals surface area contributed by atoms with Gasteiger partial charge in [0.25, 0.3) is 0 Å². The van der Waals surface area contributed by atoms with E-state index in [0.717, 1.165) is 26.9 Å². The Morgan fingerprint density at radius 1 is 1.24 bits per heavy atom. The lowest BCUT2D eigenvalue weighted by Gasteiger charge is -2.11. The van der Waals surface area contributed by atoms with Gasteiger partial charge in [0.05, 0.1) is 0 Å². The van der Waals surface area contributed by atoms with Gasteiger partial charge in [0.2, 0.25) is 5.91 Å². The van der Waals surface area contributed by atoms with Gasteiger partial charge in [0.1, 0.15) is 6.04 Å². The normalized spacial score (nSPS) is 17.2. The maximum atomic E-state index is 11.9. The molecule has 0 fully saturated rings. The van der Waals surface area contributed by atoms with Gasteiger partial charge >= 0.3 is 0 Å². The van der Waals surface area contributed by atoms with Crippen LogP contribution < -0.4 is 10.6 Å². The molecule has 2 aromatic carbocycles. The number of thioether (sulfide) groups is 1. The summed E-state index contributed by atoms with van der Waals surface area (Å²) in [4.78, 5) is 14.6. The molecule has 0 aliphatic carbocycles. The number of benzene rings is 2.